The summed E-state index contributed by atoms with van der Waals surface area (Å²) in [7, 11) is 0. The maximum absolute atomic E-state index is 12.5. The first kappa shape index (κ1) is 20.2. The van der Waals surface area contributed by atoms with Crippen molar-refractivity contribution in [3.05, 3.63) is 96.2 Å². The van der Waals surface area contributed by atoms with Crippen molar-refractivity contribution in [1.82, 2.24) is 4.90 Å². The predicted octanol–water partition coefficient (Wildman–Crippen LogP) is 5.29. The SMILES string of the molecule is C=C[C@@H](c1ccccc1)[C@H](Cl)/C(=C\C(=O)OCc1ccccc1)N1CCCC1. The third kappa shape index (κ3) is 5.26. The van der Waals surface area contributed by atoms with E-state index in [0.29, 0.717) is 0 Å². The van der Waals surface area contributed by atoms with Gasteiger partial charge in [0, 0.05) is 30.8 Å². The zero-order valence-corrected chi connectivity index (χ0v) is 16.7. The average molecular weight is 396 g/mol. The molecule has 2 aromatic rings. The van der Waals surface area contributed by atoms with Crippen LogP contribution in [0.4, 0.5) is 0 Å². The number of carbonyl (C=O) groups is 1. The lowest BCUT2D eigenvalue weighted by molar-refractivity contribution is -0.139. The number of ether oxygens (including phenoxy) is 1. The van der Waals surface area contributed by atoms with Gasteiger partial charge in [-0.3, -0.25) is 0 Å². The first-order valence-electron chi connectivity index (χ1n) is 9.68. The maximum atomic E-state index is 12.5. The van der Waals surface area contributed by atoms with E-state index in [1.807, 2.05) is 66.7 Å². The van der Waals surface area contributed by atoms with Crippen molar-refractivity contribution in [1.29, 1.82) is 0 Å². The van der Waals surface area contributed by atoms with Crippen LogP contribution in [0.2, 0.25) is 0 Å². The molecule has 28 heavy (non-hydrogen) atoms. The van der Waals surface area contributed by atoms with Crippen LogP contribution in [0.5, 0.6) is 0 Å². The standard InChI is InChI=1S/C24H26ClNO2/c1-2-21(20-13-7-4-8-14-20)24(25)22(26-15-9-10-16-26)17-23(27)28-18-19-11-5-3-6-12-19/h2-8,11-14,17,21,24H,1,9-10,15-16,18H2/b22-17+/t21-,24-/m0/s1. The van der Waals surface area contributed by atoms with Crippen molar-refractivity contribution in [3.63, 3.8) is 0 Å². The number of benzene rings is 2. The molecule has 4 heteroatoms. The summed E-state index contributed by atoms with van der Waals surface area (Å²) < 4.78 is 5.46. The highest BCUT2D eigenvalue weighted by atomic mass is 35.5. The monoisotopic (exact) mass is 395 g/mol. The largest absolute Gasteiger partial charge is 0.458 e. The van der Waals surface area contributed by atoms with Crippen LogP contribution in [0.3, 0.4) is 0 Å². The molecule has 1 fully saturated rings. The Morgan fingerprint density at radius 1 is 1.07 bits per heavy atom. The number of hydrogen-bond donors (Lipinski definition) is 0. The Morgan fingerprint density at radius 2 is 1.68 bits per heavy atom. The van der Waals surface area contributed by atoms with Crippen molar-refractivity contribution in [2.75, 3.05) is 13.1 Å². The molecular weight excluding hydrogens is 370 g/mol. The summed E-state index contributed by atoms with van der Waals surface area (Å²) in [4.78, 5) is 14.7. The zero-order valence-electron chi connectivity index (χ0n) is 16.0. The second kappa shape index (κ2) is 10.1. The Hall–Kier alpha value is -2.52. The molecule has 0 aromatic heterocycles. The van der Waals surface area contributed by atoms with Gasteiger partial charge in [-0.15, -0.1) is 18.2 Å². The van der Waals surface area contributed by atoms with Gasteiger partial charge in [-0.1, -0.05) is 66.7 Å². The highest BCUT2D eigenvalue weighted by Gasteiger charge is 2.28. The van der Waals surface area contributed by atoms with Gasteiger partial charge >= 0.3 is 5.97 Å². The molecule has 3 nitrogen and oxygen atoms in total. The van der Waals surface area contributed by atoms with Crippen LogP contribution in [0.25, 0.3) is 0 Å². The summed E-state index contributed by atoms with van der Waals surface area (Å²) in [5.41, 5.74) is 2.86. The van der Waals surface area contributed by atoms with Gasteiger partial charge in [0.25, 0.3) is 0 Å². The molecule has 1 saturated heterocycles. The van der Waals surface area contributed by atoms with Gasteiger partial charge in [0.05, 0.1) is 5.38 Å². The van der Waals surface area contributed by atoms with Gasteiger partial charge in [0.2, 0.25) is 0 Å². The van der Waals surface area contributed by atoms with Crippen LogP contribution >= 0.6 is 11.6 Å². The zero-order chi connectivity index (χ0) is 19.8. The van der Waals surface area contributed by atoms with Gasteiger partial charge in [-0.05, 0) is 24.0 Å². The summed E-state index contributed by atoms with van der Waals surface area (Å²) in [5, 5.41) is -0.387. The molecule has 1 aliphatic rings. The lowest BCUT2D eigenvalue weighted by atomic mass is 9.93. The molecule has 0 aliphatic carbocycles. The Morgan fingerprint density at radius 3 is 2.29 bits per heavy atom. The number of hydrogen-bond acceptors (Lipinski definition) is 3. The minimum Gasteiger partial charge on any atom is -0.458 e. The summed E-state index contributed by atoms with van der Waals surface area (Å²) in [6.07, 6.45) is 5.62. The summed E-state index contributed by atoms with van der Waals surface area (Å²) in [6, 6.07) is 19.7. The smallest absolute Gasteiger partial charge is 0.332 e. The van der Waals surface area contributed by atoms with Crippen molar-refractivity contribution < 1.29 is 9.53 Å². The molecule has 0 unspecified atom stereocenters. The Bertz CT molecular complexity index is 798. The number of nitrogens with zero attached hydrogens (tertiary/aromatic N) is 1. The van der Waals surface area contributed by atoms with Gasteiger partial charge in [0.15, 0.2) is 0 Å². The molecule has 0 spiro atoms. The molecular formula is C24H26ClNO2. The lowest BCUT2D eigenvalue weighted by Gasteiger charge is -2.29. The summed E-state index contributed by atoms with van der Waals surface area (Å²) in [5.74, 6) is -0.455. The first-order chi connectivity index (χ1) is 13.7. The fourth-order valence-electron chi connectivity index (χ4n) is 3.50. The molecule has 146 valence electrons. The van der Waals surface area contributed by atoms with Crippen LogP contribution in [0, 0.1) is 0 Å². The summed E-state index contributed by atoms with van der Waals surface area (Å²) >= 11 is 6.90. The number of rotatable bonds is 8. The first-order valence-corrected chi connectivity index (χ1v) is 10.1. The third-order valence-corrected chi connectivity index (χ3v) is 5.49. The van der Waals surface area contributed by atoms with Gasteiger partial charge in [-0.25, -0.2) is 4.79 Å². The number of allylic oxidation sites excluding steroid dienone is 2. The molecule has 0 bridgehead atoms. The minimum atomic E-state index is -0.387. The molecule has 1 aliphatic heterocycles. The minimum absolute atomic E-state index is 0.0864. The van der Waals surface area contributed by atoms with E-state index in [1.165, 1.54) is 0 Å². The average Bonchev–Trinajstić information content (AvgIpc) is 3.27. The van der Waals surface area contributed by atoms with Crippen molar-refractivity contribution in [2.24, 2.45) is 0 Å². The number of halogens is 1. The molecule has 0 radical (unpaired) electrons. The van der Waals surface area contributed by atoms with E-state index in [9.17, 15) is 4.79 Å². The number of likely N-dealkylation sites (tertiary alicyclic amines) is 1. The Kier molecular flexibility index (Phi) is 7.32. The fourth-order valence-corrected chi connectivity index (χ4v) is 3.94. The van der Waals surface area contributed by atoms with Crippen LogP contribution in [0.1, 0.15) is 29.9 Å². The normalized spacial score (nSPS) is 16.5. The summed E-state index contributed by atoms with van der Waals surface area (Å²) in [6.45, 7) is 6.03. The third-order valence-electron chi connectivity index (χ3n) is 5.00. The van der Waals surface area contributed by atoms with Crippen molar-refractivity contribution >= 4 is 17.6 Å². The number of carbonyl (C=O) groups excluding carboxylic acids is 1. The van der Waals surface area contributed by atoms with Gasteiger partial charge in [-0.2, -0.15) is 0 Å². The predicted molar refractivity (Wildman–Crippen MR) is 114 cm³/mol. The highest BCUT2D eigenvalue weighted by Crippen LogP contribution is 2.33. The quantitative estimate of drug-likeness (QED) is 0.263. The van der Waals surface area contributed by atoms with Crippen molar-refractivity contribution in [2.45, 2.75) is 30.7 Å². The van der Waals surface area contributed by atoms with E-state index in [0.717, 1.165) is 42.8 Å². The van der Waals surface area contributed by atoms with E-state index >= 15 is 0 Å². The van der Waals surface area contributed by atoms with Crippen LogP contribution in [0.15, 0.2) is 85.1 Å². The van der Waals surface area contributed by atoms with Crippen LogP contribution in [-0.2, 0) is 16.1 Å². The fraction of sp³-hybridized carbons (Fsp3) is 0.292. The second-order valence-electron chi connectivity index (χ2n) is 6.93. The van der Waals surface area contributed by atoms with E-state index in [4.69, 9.17) is 16.3 Å². The van der Waals surface area contributed by atoms with E-state index in [1.54, 1.807) is 6.08 Å². The topological polar surface area (TPSA) is 29.5 Å². The molecule has 3 rings (SSSR count). The second-order valence-corrected chi connectivity index (χ2v) is 7.40. The molecule has 2 atom stereocenters. The van der Waals surface area contributed by atoms with E-state index < -0.39 is 0 Å². The molecule has 1 heterocycles. The Balaban J connectivity index is 1.78. The Labute approximate surface area is 172 Å². The van der Waals surface area contributed by atoms with Gasteiger partial charge in [0.1, 0.15) is 6.61 Å². The van der Waals surface area contributed by atoms with Crippen molar-refractivity contribution in [3.8, 4) is 0 Å². The van der Waals surface area contributed by atoms with Crippen LogP contribution in [-0.4, -0.2) is 29.3 Å². The molecule has 2 aromatic carbocycles. The van der Waals surface area contributed by atoms with Crippen LogP contribution < -0.4 is 0 Å². The maximum Gasteiger partial charge on any atom is 0.332 e. The molecule has 0 amide bonds. The van der Waals surface area contributed by atoms with E-state index in [-0.39, 0.29) is 23.9 Å². The molecule has 0 saturated carbocycles. The number of alkyl halides is 1. The van der Waals surface area contributed by atoms with E-state index in [2.05, 4.69) is 11.5 Å². The molecule has 0 N–H and O–H groups in total. The number of esters is 1. The van der Waals surface area contributed by atoms with Gasteiger partial charge < -0.3 is 9.64 Å². The highest BCUT2D eigenvalue weighted by molar-refractivity contribution is 6.23. The lowest BCUT2D eigenvalue weighted by Crippen LogP contribution is -2.29.